The molecule has 3 heteroatoms. The van der Waals surface area contributed by atoms with Gasteiger partial charge in [-0.05, 0) is 11.6 Å². The predicted molar refractivity (Wildman–Crippen MR) is 34.0 cm³/mol. The lowest BCUT2D eigenvalue weighted by atomic mass is 10.6. The SMILES string of the molecule is CC(C)SC(=O)Cl. The van der Waals surface area contributed by atoms with Crippen molar-refractivity contribution in [3.8, 4) is 0 Å². The minimum atomic E-state index is -0.324. The molecule has 7 heavy (non-hydrogen) atoms. The van der Waals surface area contributed by atoms with E-state index < -0.39 is 0 Å². The normalized spacial score (nSPS) is 9.71. The standard InChI is InChI=1S/C4H7ClOS/c1-3(2)7-4(5)6/h3H,1-2H3. The van der Waals surface area contributed by atoms with Crippen LogP contribution in [0.4, 0.5) is 4.79 Å². The van der Waals surface area contributed by atoms with Crippen LogP contribution in [0.25, 0.3) is 0 Å². The van der Waals surface area contributed by atoms with E-state index in [0.29, 0.717) is 5.25 Å². The van der Waals surface area contributed by atoms with Crippen LogP contribution in [0.1, 0.15) is 13.8 Å². The fourth-order valence-electron chi connectivity index (χ4n) is 0.185. The number of hydrogen-bond acceptors (Lipinski definition) is 2. The Kier molecular flexibility index (Phi) is 3.48. The van der Waals surface area contributed by atoms with Gasteiger partial charge in [0.2, 0.25) is 0 Å². The molecule has 0 spiro atoms. The van der Waals surface area contributed by atoms with Crippen LogP contribution in [0, 0.1) is 0 Å². The highest BCUT2D eigenvalue weighted by Crippen LogP contribution is 2.13. The first-order chi connectivity index (χ1) is 3.13. The molecule has 0 saturated carbocycles. The Balaban J connectivity index is 3.13. The number of carbonyl (C=O) groups is 1. The minimum absolute atomic E-state index is 0.310. The summed E-state index contributed by atoms with van der Waals surface area (Å²) < 4.78 is -0.324. The second-order valence-electron chi connectivity index (χ2n) is 1.40. The summed E-state index contributed by atoms with van der Waals surface area (Å²) in [6.45, 7) is 3.84. The first-order valence-corrected chi connectivity index (χ1v) is 3.25. The van der Waals surface area contributed by atoms with E-state index in [0.717, 1.165) is 11.8 Å². The van der Waals surface area contributed by atoms with Gasteiger partial charge in [-0.15, -0.1) is 0 Å². The number of hydrogen-bond donors (Lipinski definition) is 0. The second kappa shape index (κ2) is 3.33. The molecule has 42 valence electrons. The molecule has 0 aromatic heterocycles. The third-order valence-electron chi connectivity index (χ3n) is 0.328. The van der Waals surface area contributed by atoms with Crippen molar-refractivity contribution in [2.75, 3.05) is 0 Å². The molecule has 0 N–H and O–H groups in total. The Morgan fingerprint density at radius 2 is 2.14 bits per heavy atom. The molecule has 1 nitrogen and oxygen atoms in total. The average molecular weight is 139 g/mol. The predicted octanol–water partition coefficient (Wildman–Crippen LogP) is 2.49. The Bertz CT molecular complexity index is 72.1. The van der Waals surface area contributed by atoms with Gasteiger partial charge in [0.1, 0.15) is 0 Å². The molecule has 0 radical (unpaired) electrons. The fourth-order valence-corrected chi connectivity index (χ4v) is 1.09. The van der Waals surface area contributed by atoms with Crippen LogP contribution in [0.3, 0.4) is 0 Å². The smallest absolute Gasteiger partial charge is 0.268 e. The summed E-state index contributed by atoms with van der Waals surface area (Å²) in [5, 5.41) is 0.310. The minimum Gasteiger partial charge on any atom is -0.268 e. The molecule has 0 aliphatic carbocycles. The van der Waals surface area contributed by atoms with Gasteiger partial charge < -0.3 is 0 Å². The summed E-state index contributed by atoms with van der Waals surface area (Å²) in [5.41, 5.74) is 0. The zero-order chi connectivity index (χ0) is 5.86. The van der Waals surface area contributed by atoms with Crippen LogP contribution in [-0.4, -0.2) is 9.82 Å². The molecule has 0 aliphatic heterocycles. The summed E-state index contributed by atoms with van der Waals surface area (Å²) in [7, 11) is 0. The molecule has 0 rings (SSSR count). The van der Waals surface area contributed by atoms with Crippen LogP contribution in [0.15, 0.2) is 0 Å². The van der Waals surface area contributed by atoms with E-state index in [1.165, 1.54) is 0 Å². The van der Waals surface area contributed by atoms with Crippen LogP contribution < -0.4 is 0 Å². The summed E-state index contributed by atoms with van der Waals surface area (Å²) in [4.78, 5) is 9.98. The van der Waals surface area contributed by atoms with Gasteiger partial charge in [0.25, 0.3) is 4.57 Å². The molecule has 0 unspecified atom stereocenters. The molecule has 0 saturated heterocycles. The van der Waals surface area contributed by atoms with Crippen molar-refractivity contribution in [3.63, 3.8) is 0 Å². The van der Waals surface area contributed by atoms with E-state index in [4.69, 9.17) is 11.6 Å². The summed E-state index contributed by atoms with van der Waals surface area (Å²) in [5.74, 6) is 0. The maximum atomic E-state index is 9.98. The van der Waals surface area contributed by atoms with Gasteiger partial charge in [0.05, 0.1) is 0 Å². The Morgan fingerprint density at radius 3 is 2.14 bits per heavy atom. The lowest BCUT2D eigenvalue weighted by Gasteiger charge is -1.93. The number of thioether (sulfide) groups is 1. The summed E-state index contributed by atoms with van der Waals surface area (Å²) >= 11 is 6.13. The molecular weight excluding hydrogens is 132 g/mol. The van der Waals surface area contributed by atoms with Crippen molar-refractivity contribution >= 4 is 27.9 Å². The number of carbonyl (C=O) groups excluding carboxylic acids is 1. The zero-order valence-corrected chi connectivity index (χ0v) is 5.84. The Morgan fingerprint density at radius 1 is 1.71 bits per heavy atom. The van der Waals surface area contributed by atoms with Gasteiger partial charge in [-0.25, -0.2) is 0 Å². The Hall–Kier alpha value is 0.310. The highest BCUT2D eigenvalue weighted by Gasteiger charge is 1.98. The molecule has 0 bridgehead atoms. The lowest BCUT2D eigenvalue weighted by molar-refractivity contribution is 0.276. The van der Waals surface area contributed by atoms with Crippen LogP contribution >= 0.6 is 23.4 Å². The Labute approximate surface area is 52.4 Å². The molecule has 0 heterocycles. The highest BCUT2D eigenvalue weighted by atomic mass is 35.5. The van der Waals surface area contributed by atoms with Gasteiger partial charge in [-0.3, -0.25) is 4.79 Å². The molecule has 0 amide bonds. The third-order valence-corrected chi connectivity index (χ3v) is 1.25. The van der Waals surface area contributed by atoms with Gasteiger partial charge in [0.15, 0.2) is 0 Å². The molecular formula is C4H7ClOS. The van der Waals surface area contributed by atoms with Gasteiger partial charge >= 0.3 is 0 Å². The van der Waals surface area contributed by atoms with Gasteiger partial charge in [-0.2, -0.15) is 0 Å². The highest BCUT2D eigenvalue weighted by molar-refractivity contribution is 8.16. The van der Waals surface area contributed by atoms with Crippen LogP contribution in [0.5, 0.6) is 0 Å². The average Bonchev–Trinajstić information content (AvgIpc) is 1.27. The number of halogens is 1. The van der Waals surface area contributed by atoms with E-state index in [1.807, 2.05) is 13.8 Å². The molecule has 0 atom stereocenters. The first-order valence-electron chi connectivity index (χ1n) is 1.99. The molecule has 0 aromatic rings. The quantitative estimate of drug-likeness (QED) is 0.518. The maximum absolute atomic E-state index is 9.98. The van der Waals surface area contributed by atoms with Crippen LogP contribution in [0.2, 0.25) is 0 Å². The lowest BCUT2D eigenvalue weighted by Crippen LogP contribution is -1.87. The van der Waals surface area contributed by atoms with Crippen molar-refractivity contribution in [1.29, 1.82) is 0 Å². The van der Waals surface area contributed by atoms with Crippen LogP contribution in [-0.2, 0) is 0 Å². The van der Waals surface area contributed by atoms with E-state index >= 15 is 0 Å². The zero-order valence-electron chi connectivity index (χ0n) is 4.27. The fraction of sp³-hybridized carbons (Fsp3) is 0.750. The van der Waals surface area contributed by atoms with Crippen molar-refractivity contribution < 1.29 is 4.79 Å². The molecule has 0 aromatic carbocycles. The van der Waals surface area contributed by atoms with E-state index in [9.17, 15) is 4.79 Å². The summed E-state index contributed by atoms with van der Waals surface area (Å²) in [6, 6.07) is 0. The van der Waals surface area contributed by atoms with Crippen molar-refractivity contribution in [3.05, 3.63) is 0 Å². The van der Waals surface area contributed by atoms with E-state index in [2.05, 4.69) is 0 Å². The number of rotatable bonds is 1. The first kappa shape index (κ1) is 7.31. The second-order valence-corrected chi connectivity index (χ2v) is 3.52. The van der Waals surface area contributed by atoms with Gasteiger partial charge in [0, 0.05) is 5.25 Å². The third kappa shape index (κ3) is 6.31. The monoisotopic (exact) mass is 138 g/mol. The largest absolute Gasteiger partial charge is 0.279 e. The molecule has 0 fully saturated rings. The maximum Gasteiger partial charge on any atom is 0.279 e. The van der Waals surface area contributed by atoms with E-state index in [-0.39, 0.29) is 4.57 Å². The van der Waals surface area contributed by atoms with Gasteiger partial charge in [-0.1, -0.05) is 25.6 Å². The van der Waals surface area contributed by atoms with Crippen molar-refractivity contribution in [2.45, 2.75) is 19.1 Å². The van der Waals surface area contributed by atoms with Crippen molar-refractivity contribution in [1.82, 2.24) is 0 Å². The van der Waals surface area contributed by atoms with Crippen molar-refractivity contribution in [2.24, 2.45) is 0 Å². The summed E-state index contributed by atoms with van der Waals surface area (Å²) in [6.07, 6.45) is 0. The molecule has 0 aliphatic rings. The topological polar surface area (TPSA) is 17.1 Å². The van der Waals surface area contributed by atoms with E-state index in [1.54, 1.807) is 0 Å².